The molecule has 0 aliphatic heterocycles. The number of halogens is 1. The standard InChI is InChI=1S/C17H19ClN2O2/c1-12(2)22-17-14(18)4-3-5-15(17)20-16(21)7-6-13-8-10-19-11-9-13/h3-5,8-12H,6-7H2,1-2H3,(H,20,21). The average molecular weight is 319 g/mol. The molecule has 0 unspecified atom stereocenters. The highest BCUT2D eigenvalue weighted by molar-refractivity contribution is 6.32. The van der Waals surface area contributed by atoms with Crippen molar-refractivity contribution in [1.29, 1.82) is 0 Å². The first kappa shape index (κ1) is 16.3. The highest BCUT2D eigenvalue weighted by Crippen LogP contribution is 2.33. The molecular weight excluding hydrogens is 300 g/mol. The molecule has 0 saturated carbocycles. The molecule has 0 fully saturated rings. The van der Waals surface area contributed by atoms with Gasteiger partial charge in [0.2, 0.25) is 5.91 Å². The zero-order valence-electron chi connectivity index (χ0n) is 12.7. The molecule has 2 rings (SSSR count). The van der Waals surface area contributed by atoms with Gasteiger partial charge in [-0.25, -0.2) is 0 Å². The van der Waals surface area contributed by atoms with Gasteiger partial charge in [-0.15, -0.1) is 0 Å². The van der Waals surface area contributed by atoms with E-state index in [0.29, 0.717) is 29.3 Å². The van der Waals surface area contributed by atoms with Gasteiger partial charge in [-0.05, 0) is 50.1 Å². The monoisotopic (exact) mass is 318 g/mol. The second-order valence-electron chi connectivity index (χ2n) is 5.19. The van der Waals surface area contributed by atoms with Crippen LogP contribution in [0.1, 0.15) is 25.8 Å². The summed E-state index contributed by atoms with van der Waals surface area (Å²) in [6.07, 6.45) is 4.47. The number of hydrogen-bond acceptors (Lipinski definition) is 3. The number of benzene rings is 1. The average Bonchev–Trinajstić information content (AvgIpc) is 2.49. The highest BCUT2D eigenvalue weighted by atomic mass is 35.5. The number of carbonyl (C=O) groups excluding carboxylic acids is 1. The van der Waals surface area contributed by atoms with Crippen LogP contribution in [0.4, 0.5) is 5.69 Å². The van der Waals surface area contributed by atoms with Crippen molar-refractivity contribution in [2.45, 2.75) is 32.8 Å². The summed E-state index contributed by atoms with van der Waals surface area (Å²) in [5.41, 5.74) is 1.68. The van der Waals surface area contributed by atoms with E-state index in [1.807, 2.05) is 26.0 Å². The number of carbonyl (C=O) groups is 1. The molecule has 0 saturated heterocycles. The lowest BCUT2D eigenvalue weighted by Crippen LogP contribution is -2.15. The Morgan fingerprint density at radius 1 is 1.27 bits per heavy atom. The second-order valence-corrected chi connectivity index (χ2v) is 5.59. The minimum absolute atomic E-state index is 0.0210. The van der Waals surface area contributed by atoms with Crippen molar-refractivity contribution < 1.29 is 9.53 Å². The number of rotatable bonds is 6. The number of aromatic nitrogens is 1. The summed E-state index contributed by atoms with van der Waals surface area (Å²) in [4.78, 5) is 16.1. The van der Waals surface area contributed by atoms with Gasteiger partial charge >= 0.3 is 0 Å². The van der Waals surface area contributed by atoms with E-state index < -0.39 is 0 Å². The van der Waals surface area contributed by atoms with E-state index in [1.165, 1.54) is 0 Å². The molecule has 0 aliphatic rings. The fourth-order valence-corrected chi connectivity index (χ4v) is 2.20. The van der Waals surface area contributed by atoms with Gasteiger partial charge in [0.15, 0.2) is 5.75 Å². The molecule has 0 aliphatic carbocycles. The fourth-order valence-electron chi connectivity index (χ4n) is 1.98. The van der Waals surface area contributed by atoms with Gasteiger partial charge in [-0.3, -0.25) is 9.78 Å². The number of nitrogens with zero attached hydrogens (tertiary/aromatic N) is 1. The van der Waals surface area contributed by atoms with Crippen molar-refractivity contribution in [2.24, 2.45) is 0 Å². The summed E-state index contributed by atoms with van der Waals surface area (Å²) >= 11 is 6.15. The molecule has 1 N–H and O–H groups in total. The molecule has 0 atom stereocenters. The Morgan fingerprint density at radius 3 is 2.68 bits per heavy atom. The Bertz CT molecular complexity index is 630. The first-order chi connectivity index (χ1) is 10.6. The Kier molecular flexibility index (Phi) is 5.78. The van der Waals surface area contributed by atoms with E-state index in [0.717, 1.165) is 5.56 Å². The van der Waals surface area contributed by atoms with Crippen molar-refractivity contribution in [2.75, 3.05) is 5.32 Å². The molecule has 116 valence electrons. The van der Waals surface area contributed by atoms with Crippen molar-refractivity contribution in [1.82, 2.24) is 4.98 Å². The van der Waals surface area contributed by atoms with E-state index in [4.69, 9.17) is 16.3 Å². The number of para-hydroxylation sites is 1. The van der Waals surface area contributed by atoms with Crippen molar-refractivity contribution >= 4 is 23.2 Å². The third-order valence-electron chi connectivity index (χ3n) is 2.98. The molecule has 1 aromatic heterocycles. The highest BCUT2D eigenvalue weighted by Gasteiger charge is 2.12. The SMILES string of the molecule is CC(C)Oc1c(Cl)cccc1NC(=O)CCc1ccncc1. The number of ether oxygens (including phenoxy) is 1. The van der Waals surface area contributed by atoms with Crippen LogP contribution in [0.3, 0.4) is 0 Å². The van der Waals surface area contributed by atoms with Crippen LogP contribution in [0.5, 0.6) is 5.75 Å². The van der Waals surface area contributed by atoms with Gasteiger partial charge in [-0.1, -0.05) is 17.7 Å². The first-order valence-corrected chi connectivity index (χ1v) is 7.58. The Hall–Kier alpha value is -2.07. The maximum atomic E-state index is 12.1. The molecule has 1 amide bonds. The Balaban J connectivity index is 2.00. The largest absolute Gasteiger partial charge is 0.487 e. The third kappa shape index (κ3) is 4.74. The van der Waals surface area contributed by atoms with Crippen LogP contribution in [-0.4, -0.2) is 17.0 Å². The van der Waals surface area contributed by atoms with E-state index in [9.17, 15) is 4.79 Å². The summed E-state index contributed by atoms with van der Waals surface area (Å²) < 4.78 is 5.68. The van der Waals surface area contributed by atoms with Crippen LogP contribution in [0, 0.1) is 0 Å². The number of aryl methyl sites for hydroxylation is 1. The third-order valence-corrected chi connectivity index (χ3v) is 3.28. The van der Waals surface area contributed by atoms with Crippen LogP contribution < -0.4 is 10.1 Å². The van der Waals surface area contributed by atoms with E-state index >= 15 is 0 Å². The summed E-state index contributed by atoms with van der Waals surface area (Å²) in [5.74, 6) is 0.434. The number of amides is 1. The van der Waals surface area contributed by atoms with E-state index in [-0.39, 0.29) is 12.0 Å². The molecule has 5 heteroatoms. The molecule has 0 bridgehead atoms. The smallest absolute Gasteiger partial charge is 0.224 e. The lowest BCUT2D eigenvalue weighted by Gasteiger charge is -2.16. The predicted molar refractivity (Wildman–Crippen MR) is 88.4 cm³/mol. The van der Waals surface area contributed by atoms with Gasteiger partial charge in [0.25, 0.3) is 0 Å². The Morgan fingerprint density at radius 2 is 2.00 bits per heavy atom. The van der Waals surface area contributed by atoms with Crippen LogP contribution in [0.15, 0.2) is 42.7 Å². The fraction of sp³-hybridized carbons (Fsp3) is 0.294. The van der Waals surface area contributed by atoms with Gasteiger partial charge in [0, 0.05) is 18.8 Å². The maximum Gasteiger partial charge on any atom is 0.224 e. The topological polar surface area (TPSA) is 51.2 Å². The van der Waals surface area contributed by atoms with Crippen LogP contribution in [0.25, 0.3) is 0 Å². The lowest BCUT2D eigenvalue weighted by atomic mass is 10.1. The molecule has 0 spiro atoms. The number of nitrogens with one attached hydrogen (secondary N) is 1. The van der Waals surface area contributed by atoms with Crippen LogP contribution >= 0.6 is 11.6 Å². The number of pyridine rings is 1. The van der Waals surface area contributed by atoms with Gasteiger partial charge in [-0.2, -0.15) is 0 Å². The van der Waals surface area contributed by atoms with Gasteiger partial charge in [0.1, 0.15) is 0 Å². The van der Waals surface area contributed by atoms with Crippen LogP contribution in [0.2, 0.25) is 5.02 Å². The van der Waals surface area contributed by atoms with Crippen molar-refractivity contribution in [3.8, 4) is 5.75 Å². The van der Waals surface area contributed by atoms with Gasteiger partial charge < -0.3 is 10.1 Å². The molecular formula is C17H19ClN2O2. The number of anilines is 1. The molecule has 0 radical (unpaired) electrons. The van der Waals surface area contributed by atoms with E-state index in [1.54, 1.807) is 30.6 Å². The summed E-state index contributed by atoms with van der Waals surface area (Å²) in [7, 11) is 0. The summed E-state index contributed by atoms with van der Waals surface area (Å²) in [6.45, 7) is 3.83. The second kappa shape index (κ2) is 7.80. The summed E-state index contributed by atoms with van der Waals surface area (Å²) in [5, 5.41) is 3.35. The minimum atomic E-state index is -0.0762. The Labute approximate surface area is 135 Å². The first-order valence-electron chi connectivity index (χ1n) is 7.20. The van der Waals surface area contributed by atoms with Crippen LogP contribution in [-0.2, 0) is 11.2 Å². The molecule has 1 aromatic carbocycles. The quantitative estimate of drug-likeness (QED) is 0.872. The zero-order chi connectivity index (χ0) is 15.9. The molecule has 1 heterocycles. The van der Waals surface area contributed by atoms with Crippen molar-refractivity contribution in [3.63, 3.8) is 0 Å². The van der Waals surface area contributed by atoms with E-state index in [2.05, 4.69) is 10.3 Å². The predicted octanol–water partition coefficient (Wildman–Crippen LogP) is 4.09. The molecule has 2 aromatic rings. The van der Waals surface area contributed by atoms with Crippen molar-refractivity contribution in [3.05, 3.63) is 53.3 Å². The minimum Gasteiger partial charge on any atom is -0.487 e. The summed E-state index contributed by atoms with van der Waals surface area (Å²) in [6, 6.07) is 9.12. The zero-order valence-corrected chi connectivity index (χ0v) is 13.4. The number of hydrogen-bond donors (Lipinski definition) is 1. The van der Waals surface area contributed by atoms with Gasteiger partial charge in [0.05, 0.1) is 16.8 Å². The lowest BCUT2D eigenvalue weighted by molar-refractivity contribution is -0.116. The molecule has 4 nitrogen and oxygen atoms in total. The molecule has 22 heavy (non-hydrogen) atoms. The normalized spacial score (nSPS) is 10.5. The maximum absolute atomic E-state index is 12.1.